The fourth-order valence-electron chi connectivity index (χ4n) is 1.09. The predicted octanol–water partition coefficient (Wildman–Crippen LogP) is 2.35. The lowest BCUT2D eigenvalue weighted by Gasteiger charge is -2.17. The maximum absolute atomic E-state index is 11.7. The fourth-order valence-corrected chi connectivity index (χ4v) is 1.62. The van der Waals surface area contributed by atoms with Gasteiger partial charge < -0.3 is 9.29 Å². The molecule has 0 saturated carbocycles. The van der Waals surface area contributed by atoms with Crippen LogP contribution in [0.4, 0.5) is 0 Å². The van der Waals surface area contributed by atoms with E-state index in [1.54, 1.807) is 30.5 Å². The zero-order chi connectivity index (χ0) is 13.8. The van der Waals surface area contributed by atoms with Crippen LogP contribution in [0.25, 0.3) is 0 Å². The molecule has 0 fully saturated rings. The Hall–Kier alpha value is -1.33. The van der Waals surface area contributed by atoms with E-state index in [9.17, 15) is 9.35 Å². The van der Waals surface area contributed by atoms with Crippen molar-refractivity contribution in [1.82, 2.24) is 0 Å². The van der Waals surface area contributed by atoms with Crippen molar-refractivity contribution in [3.8, 4) is 0 Å². The summed E-state index contributed by atoms with van der Waals surface area (Å²) in [5.74, 6) is -0.378. The molecule has 0 aromatic heterocycles. The molecule has 1 aromatic rings. The van der Waals surface area contributed by atoms with E-state index in [1.807, 2.05) is 20.8 Å². The number of esters is 1. The maximum Gasteiger partial charge on any atom is 0.337 e. The van der Waals surface area contributed by atoms with Crippen molar-refractivity contribution < 1.29 is 14.1 Å². The molecule has 0 aliphatic heterocycles. The number of carbonyl (C=O) groups is 1. The van der Waals surface area contributed by atoms with Crippen LogP contribution in [0.5, 0.6) is 0 Å². The molecule has 0 N–H and O–H groups in total. The molecule has 0 bridgehead atoms. The van der Waals surface area contributed by atoms with Gasteiger partial charge in [-0.2, -0.15) is 0 Å². The fraction of sp³-hybridized carbons (Fsp3) is 0.385. The lowest BCUT2D eigenvalue weighted by molar-refractivity contribution is 0.0600. The Balaban J connectivity index is 2.75. The monoisotopic (exact) mass is 267 g/mol. The largest absolute Gasteiger partial charge is 0.591 e. The van der Waals surface area contributed by atoms with Gasteiger partial charge in [-0.25, -0.2) is 4.79 Å². The minimum atomic E-state index is -1.28. The van der Waals surface area contributed by atoms with Gasteiger partial charge in [-0.3, -0.25) is 0 Å². The number of hydrogen-bond donors (Lipinski definition) is 0. The molecule has 0 aliphatic carbocycles. The van der Waals surface area contributed by atoms with Crippen LogP contribution in [0.1, 0.15) is 36.7 Å². The molecule has 0 spiro atoms. The van der Waals surface area contributed by atoms with E-state index in [0.717, 1.165) is 5.56 Å². The Morgan fingerprint density at radius 1 is 1.33 bits per heavy atom. The van der Waals surface area contributed by atoms with Crippen molar-refractivity contribution >= 4 is 23.5 Å². The first-order chi connectivity index (χ1) is 8.34. The highest BCUT2D eigenvalue weighted by Gasteiger charge is 2.25. The number of nitrogens with zero attached hydrogens (tertiary/aromatic N) is 1. The van der Waals surface area contributed by atoms with Gasteiger partial charge in [0.05, 0.1) is 18.9 Å². The van der Waals surface area contributed by atoms with Gasteiger partial charge in [0.25, 0.3) is 0 Å². The Kier molecular flexibility index (Phi) is 4.93. The molecule has 4 nitrogen and oxygen atoms in total. The van der Waals surface area contributed by atoms with Gasteiger partial charge in [0.1, 0.15) is 16.1 Å². The molecule has 0 saturated heterocycles. The molecule has 0 heterocycles. The first kappa shape index (κ1) is 14.7. The summed E-state index contributed by atoms with van der Waals surface area (Å²) < 4.78 is 19.9. The summed E-state index contributed by atoms with van der Waals surface area (Å²) in [5.41, 5.74) is 1.27. The number of carbonyl (C=O) groups excluding carboxylic acids is 1. The summed E-state index contributed by atoms with van der Waals surface area (Å²) in [6, 6.07) is 6.76. The van der Waals surface area contributed by atoms with E-state index in [4.69, 9.17) is 0 Å². The highest BCUT2D eigenvalue weighted by Crippen LogP contribution is 2.16. The van der Waals surface area contributed by atoms with Gasteiger partial charge >= 0.3 is 5.97 Å². The van der Waals surface area contributed by atoms with Crippen LogP contribution in [-0.2, 0) is 16.1 Å². The van der Waals surface area contributed by atoms with E-state index in [0.29, 0.717) is 5.56 Å². The average Bonchev–Trinajstić information content (AvgIpc) is 2.34. The van der Waals surface area contributed by atoms with Gasteiger partial charge in [0.2, 0.25) is 0 Å². The van der Waals surface area contributed by atoms with Crippen LogP contribution < -0.4 is 0 Å². The minimum absolute atomic E-state index is 0.373. The normalized spacial score (nSPS) is 13.6. The van der Waals surface area contributed by atoms with Crippen molar-refractivity contribution in [1.29, 1.82) is 0 Å². The lowest BCUT2D eigenvalue weighted by atomic mass is 10.1. The molecule has 0 radical (unpaired) electrons. The standard InChI is InChI=1S/C13H17NO3S/c1-13(2,3)18(16)14-9-10-5-7-11(8-6-10)12(15)17-4/h5-9H,1-4H3/t18-/m1/s1. The molecular formula is C13H17NO3S. The Morgan fingerprint density at radius 3 is 2.33 bits per heavy atom. The Morgan fingerprint density at radius 2 is 1.89 bits per heavy atom. The van der Waals surface area contributed by atoms with Crippen molar-refractivity contribution in [2.45, 2.75) is 25.5 Å². The van der Waals surface area contributed by atoms with E-state index in [2.05, 4.69) is 9.13 Å². The Bertz CT molecular complexity index is 435. The van der Waals surface area contributed by atoms with Gasteiger partial charge in [-0.1, -0.05) is 16.5 Å². The van der Waals surface area contributed by atoms with Crippen molar-refractivity contribution in [3.63, 3.8) is 0 Å². The van der Waals surface area contributed by atoms with Crippen LogP contribution in [-0.4, -0.2) is 28.6 Å². The molecule has 1 aromatic carbocycles. The summed E-state index contributed by atoms with van der Waals surface area (Å²) in [5, 5.41) is 0. The molecular weight excluding hydrogens is 250 g/mol. The van der Waals surface area contributed by atoms with Crippen molar-refractivity contribution in [3.05, 3.63) is 35.4 Å². The smallest absolute Gasteiger partial charge is 0.337 e. The third-order valence-electron chi connectivity index (χ3n) is 2.15. The van der Waals surface area contributed by atoms with Gasteiger partial charge in [-0.05, 0) is 38.5 Å². The number of rotatable bonds is 3. The molecule has 18 heavy (non-hydrogen) atoms. The molecule has 1 atom stereocenters. The predicted molar refractivity (Wildman–Crippen MR) is 73.3 cm³/mol. The highest BCUT2D eigenvalue weighted by molar-refractivity contribution is 7.91. The van der Waals surface area contributed by atoms with E-state index in [1.165, 1.54) is 7.11 Å². The summed E-state index contributed by atoms with van der Waals surface area (Å²) >= 11 is -1.28. The second kappa shape index (κ2) is 6.02. The zero-order valence-corrected chi connectivity index (χ0v) is 11.8. The number of methoxy groups -OCH3 is 1. The summed E-state index contributed by atoms with van der Waals surface area (Å²) in [7, 11) is 1.34. The summed E-state index contributed by atoms with van der Waals surface area (Å²) in [6.45, 7) is 5.59. The van der Waals surface area contributed by atoms with Gasteiger partial charge in [-0.15, -0.1) is 0 Å². The van der Waals surface area contributed by atoms with Crippen molar-refractivity contribution in [2.24, 2.45) is 4.40 Å². The van der Waals surface area contributed by atoms with Crippen molar-refractivity contribution in [2.75, 3.05) is 7.11 Å². The van der Waals surface area contributed by atoms with Gasteiger partial charge in [0, 0.05) is 0 Å². The van der Waals surface area contributed by atoms with E-state index >= 15 is 0 Å². The topological polar surface area (TPSA) is 61.7 Å². The van der Waals surface area contributed by atoms with Crippen LogP contribution in [0.15, 0.2) is 28.7 Å². The second-order valence-corrected chi connectivity index (χ2v) is 6.64. The number of benzene rings is 1. The maximum atomic E-state index is 11.7. The third-order valence-corrected chi connectivity index (χ3v) is 3.50. The van der Waals surface area contributed by atoms with E-state index in [-0.39, 0.29) is 10.7 Å². The van der Waals surface area contributed by atoms with E-state index < -0.39 is 11.4 Å². The van der Waals surface area contributed by atoms with Crippen LogP contribution in [0.2, 0.25) is 0 Å². The SMILES string of the molecule is COC(=O)c1ccc(C=N[S@+]([O-])C(C)(C)C)cc1. The van der Waals surface area contributed by atoms with Crippen LogP contribution in [0.3, 0.4) is 0 Å². The average molecular weight is 267 g/mol. The molecule has 0 aliphatic rings. The first-order valence-corrected chi connectivity index (χ1v) is 6.59. The molecule has 1 rings (SSSR count). The van der Waals surface area contributed by atoms with Crippen LogP contribution in [0, 0.1) is 0 Å². The zero-order valence-electron chi connectivity index (χ0n) is 11.0. The number of ether oxygens (including phenoxy) is 1. The minimum Gasteiger partial charge on any atom is -0.591 e. The molecule has 0 amide bonds. The molecule has 98 valence electrons. The summed E-state index contributed by atoms with van der Waals surface area (Å²) in [4.78, 5) is 11.2. The quantitative estimate of drug-likeness (QED) is 0.480. The number of hydrogen-bond acceptors (Lipinski definition) is 4. The summed E-state index contributed by atoms with van der Waals surface area (Å²) in [6.07, 6.45) is 1.54. The first-order valence-electron chi connectivity index (χ1n) is 5.49. The second-order valence-electron chi connectivity index (χ2n) is 4.71. The molecule has 5 heteroatoms. The van der Waals surface area contributed by atoms with Crippen LogP contribution >= 0.6 is 0 Å². The highest BCUT2D eigenvalue weighted by atomic mass is 32.2. The van der Waals surface area contributed by atoms with Gasteiger partial charge in [0.15, 0.2) is 0 Å². The molecule has 0 unspecified atom stereocenters. The Labute approximate surface area is 110 Å². The lowest BCUT2D eigenvalue weighted by Crippen LogP contribution is -2.25. The third kappa shape index (κ3) is 4.16.